The van der Waals surface area contributed by atoms with Gasteiger partial charge in [0.15, 0.2) is 6.29 Å². The molecule has 6 aliphatic rings. The van der Waals surface area contributed by atoms with Gasteiger partial charge in [-0.1, -0.05) is 6.92 Å². The van der Waals surface area contributed by atoms with Crippen LogP contribution >= 0.6 is 0 Å². The fraction of sp³-hybridized carbons (Fsp3) is 0.897. The van der Waals surface area contributed by atoms with Crippen LogP contribution in [0.15, 0.2) is 11.6 Å². The Balaban J connectivity index is 1.22. The highest BCUT2D eigenvalue weighted by atomic mass is 16.7. The molecule has 0 bridgehead atoms. The number of carbonyl (C=O) groups is 1. The molecule has 2 heterocycles. The Morgan fingerprint density at radius 1 is 1.05 bits per heavy atom. The van der Waals surface area contributed by atoms with Gasteiger partial charge < -0.3 is 44.8 Å². The Morgan fingerprint density at radius 2 is 1.82 bits per heavy atom. The van der Waals surface area contributed by atoms with Crippen LogP contribution in [0.2, 0.25) is 0 Å². The van der Waals surface area contributed by atoms with Crippen LogP contribution in [0.5, 0.6) is 0 Å². The molecule has 0 amide bonds. The van der Waals surface area contributed by atoms with E-state index in [2.05, 4.69) is 6.92 Å². The van der Waals surface area contributed by atoms with E-state index in [-0.39, 0.29) is 49.0 Å². The van der Waals surface area contributed by atoms with Gasteiger partial charge in [-0.3, -0.25) is 0 Å². The molecule has 39 heavy (non-hydrogen) atoms. The van der Waals surface area contributed by atoms with Crippen LogP contribution in [0.25, 0.3) is 0 Å². The second-order valence-corrected chi connectivity index (χ2v) is 13.5. The largest absolute Gasteiger partial charge is 0.458 e. The summed E-state index contributed by atoms with van der Waals surface area (Å²) in [4.78, 5) is 11.8. The number of fused-ring (bicyclic) bond motifs is 5. The number of aliphatic hydroxyl groups is 6. The smallest absolute Gasteiger partial charge is 0.331 e. The number of esters is 1. The van der Waals surface area contributed by atoms with E-state index in [1.54, 1.807) is 13.0 Å². The second kappa shape index (κ2) is 9.73. The van der Waals surface area contributed by atoms with E-state index in [9.17, 15) is 35.4 Å². The number of carbonyl (C=O) groups excluding carboxylic acids is 1. The van der Waals surface area contributed by atoms with Crippen molar-refractivity contribution in [2.24, 2.45) is 34.5 Å². The molecular weight excluding hydrogens is 508 g/mol. The van der Waals surface area contributed by atoms with Crippen LogP contribution in [0.1, 0.15) is 65.2 Å². The molecule has 6 N–H and O–H groups in total. The zero-order valence-electron chi connectivity index (χ0n) is 22.8. The summed E-state index contributed by atoms with van der Waals surface area (Å²) in [5.41, 5.74) is -1.25. The highest BCUT2D eigenvalue weighted by molar-refractivity contribution is 5.85. The Morgan fingerprint density at radius 3 is 2.51 bits per heavy atom. The molecule has 4 aliphatic carbocycles. The number of ether oxygens (including phenoxy) is 3. The molecule has 14 atom stereocenters. The molecule has 10 heteroatoms. The molecular formula is C29H44O10. The Bertz CT molecular complexity index is 1000. The van der Waals surface area contributed by atoms with Gasteiger partial charge in [0, 0.05) is 23.5 Å². The maximum atomic E-state index is 12.4. The van der Waals surface area contributed by atoms with E-state index in [1.807, 2.05) is 0 Å². The van der Waals surface area contributed by atoms with Crippen molar-refractivity contribution in [3.8, 4) is 0 Å². The number of hydrogen-bond donors (Lipinski definition) is 6. The van der Waals surface area contributed by atoms with Gasteiger partial charge >= 0.3 is 5.97 Å². The minimum Gasteiger partial charge on any atom is -0.458 e. The summed E-state index contributed by atoms with van der Waals surface area (Å²) >= 11 is 0. The van der Waals surface area contributed by atoms with Gasteiger partial charge in [0.25, 0.3) is 0 Å². The van der Waals surface area contributed by atoms with Crippen molar-refractivity contribution in [1.29, 1.82) is 0 Å². The molecule has 10 nitrogen and oxygen atoms in total. The van der Waals surface area contributed by atoms with Crippen molar-refractivity contribution >= 4 is 5.97 Å². The first-order valence-electron chi connectivity index (χ1n) is 14.7. The summed E-state index contributed by atoms with van der Waals surface area (Å²) in [5.74, 6) is -0.753. The quantitative estimate of drug-likeness (QED) is 0.212. The maximum Gasteiger partial charge on any atom is 0.331 e. The molecule has 0 radical (unpaired) electrons. The van der Waals surface area contributed by atoms with Gasteiger partial charge in [-0.25, -0.2) is 4.79 Å². The molecule has 1 saturated heterocycles. The predicted octanol–water partition coefficient (Wildman–Crippen LogP) is 0.399. The lowest BCUT2D eigenvalue weighted by Crippen LogP contribution is -2.68. The van der Waals surface area contributed by atoms with Crippen LogP contribution in [0.4, 0.5) is 0 Å². The molecule has 6 rings (SSSR count). The molecule has 0 spiro atoms. The third-order valence-corrected chi connectivity index (χ3v) is 12.0. The van der Waals surface area contributed by atoms with E-state index in [0.717, 1.165) is 24.8 Å². The summed E-state index contributed by atoms with van der Waals surface area (Å²) < 4.78 is 17.0. The molecule has 5 fully saturated rings. The average molecular weight is 553 g/mol. The van der Waals surface area contributed by atoms with Crippen molar-refractivity contribution in [3.63, 3.8) is 0 Å². The summed E-state index contributed by atoms with van der Waals surface area (Å²) in [5, 5.41) is 65.7. The van der Waals surface area contributed by atoms with Crippen molar-refractivity contribution in [2.45, 2.75) is 114 Å². The van der Waals surface area contributed by atoms with E-state index in [1.165, 1.54) is 0 Å². The normalized spacial score (nSPS) is 55.3. The van der Waals surface area contributed by atoms with E-state index in [0.29, 0.717) is 32.1 Å². The van der Waals surface area contributed by atoms with Gasteiger partial charge in [-0.2, -0.15) is 0 Å². The maximum absolute atomic E-state index is 12.4. The van der Waals surface area contributed by atoms with E-state index < -0.39 is 53.2 Å². The van der Waals surface area contributed by atoms with Gasteiger partial charge in [-0.15, -0.1) is 0 Å². The van der Waals surface area contributed by atoms with Crippen molar-refractivity contribution in [2.75, 3.05) is 13.2 Å². The van der Waals surface area contributed by atoms with Crippen LogP contribution < -0.4 is 0 Å². The number of cyclic esters (lactones) is 1. The third-order valence-electron chi connectivity index (χ3n) is 12.0. The standard InChI is InChI=1S/C29H44O10/c1-14-23(33)24(34)25(35)26(38-14)39-17-5-7-28(13-30)16(10-17)3-4-19-22(28)20(31)11-27(2)18(6-8-29(19,27)36)15-9-21(32)37-12-15/h9,14,16-20,22-26,30-31,33-36H,3-8,10-13H2,1-2H3/t14-,16-,17-,18+,19+,20-,22+,23-,24+,25+,26-,27+,28+,29-/m0/s1. The fourth-order valence-corrected chi connectivity index (χ4v) is 9.99. The van der Waals surface area contributed by atoms with Crippen molar-refractivity contribution in [1.82, 2.24) is 0 Å². The average Bonchev–Trinajstić information content (AvgIpc) is 3.45. The SMILES string of the molecule is C[C@@H]1O[C@@H](O[C@H]2CC[C@@]3(CO)[C@@H](CC[C@@H]4[C@@H]3[C@@H](O)C[C@]3(C)[C@@H](C5=CC(=O)OC5)CC[C@]43O)C2)[C@H](O)[C@H](O)[C@H]1O. The van der Waals surface area contributed by atoms with E-state index in [4.69, 9.17) is 14.2 Å². The Labute approximate surface area is 229 Å². The lowest BCUT2D eigenvalue weighted by atomic mass is 9.42. The number of rotatable bonds is 4. The fourth-order valence-electron chi connectivity index (χ4n) is 9.99. The first-order chi connectivity index (χ1) is 18.4. The summed E-state index contributed by atoms with van der Waals surface area (Å²) in [6, 6.07) is 0. The Kier molecular flexibility index (Phi) is 6.99. The first-order valence-corrected chi connectivity index (χ1v) is 14.7. The lowest BCUT2D eigenvalue weighted by Gasteiger charge is -2.65. The van der Waals surface area contributed by atoms with Crippen LogP contribution in [-0.4, -0.2) is 98.3 Å². The predicted molar refractivity (Wildman–Crippen MR) is 136 cm³/mol. The zero-order chi connectivity index (χ0) is 27.9. The summed E-state index contributed by atoms with van der Waals surface area (Å²) in [6.45, 7) is 3.84. The number of aliphatic hydroxyl groups excluding tert-OH is 5. The molecule has 0 unspecified atom stereocenters. The topological polar surface area (TPSA) is 166 Å². The highest BCUT2D eigenvalue weighted by Gasteiger charge is 2.70. The van der Waals surface area contributed by atoms with Crippen molar-refractivity contribution in [3.05, 3.63) is 11.6 Å². The molecule has 4 saturated carbocycles. The molecule has 0 aromatic carbocycles. The zero-order valence-corrected chi connectivity index (χ0v) is 22.8. The summed E-state index contributed by atoms with van der Waals surface area (Å²) in [6.07, 6.45) is -0.0583. The first kappa shape index (κ1) is 28.0. The van der Waals surface area contributed by atoms with Gasteiger partial charge in [0.1, 0.15) is 24.9 Å². The molecule has 0 aromatic heterocycles. The van der Waals surface area contributed by atoms with Crippen molar-refractivity contribution < 1.29 is 49.6 Å². The lowest BCUT2D eigenvalue weighted by molar-refractivity contribution is -0.313. The minimum atomic E-state index is -1.37. The van der Waals surface area contributed by atoms with Gasteiger partial charge in [0.2, 0.25) is 0 Å². The monoisotopic (exact) mass is 552 g/mol. The second-order valence-electron chi connectivity index (χ2n) is 13.5. The molecule has 2 aliphatic heterocycles. The van der Waals surface area contributed by atoms with E-state index >= 15 is 0 Å². The molecule has 220 valence electrons. The van der Waals surface area contributed by atoms with Crippen LogP contribution in [0, 0.1) is 34.5 Å². The highest BCUT2D eigenvalue weighted by Crippen LogP contribution is 2.70. The summed E-state index contributed by atoms with van der Waals surface area (Å²) in [7, 11) is 0. The van der Waals surface area contributed by atoms with Gasteiger partial charge in [0.05, 0.1) is 23.9 Å². The Hall–Kier alpha value is -1.11. The van der Waals surface area contributed by atoms with Crippen LogP contribution in [0.3, 0.4) is 0 Å². The molecule has 0 aromatic rings. The minimum absolute atomic E-state index is 0.0327. The third kappa shape index (κ3) is 4.00. The number of hydrogen-bond acceptors (Lipinski definition) is 10. The van der Waals surface area contributed by atoms with Crippen LogP contribution in [-0.2, 0) is 19.0 Å². The van der Waals surface area contributed by atoms with Gasteiger partial charge in [-0.05, 0) is 87.5 Å².